The third kappa shape index (κ3) is 4.39. The Morgan fingerprint density at radius 3 is 2.25 bits per heavy atom. The number of hydrogen-bond acceptors (Lipinski definition) is 5. The van der Waals surface area contributed by atoms with E-state index >= 15 is 0 Å². The second-order valence-corrected chi connectivity index (χ2v) is 9.00. The number of halogens is 1. The van der Waals surface area contributed by atoms with Crippen LogP contribution < -0.4 is 4.90 Å². The minimum atomic E-state index is 0.665. The molecular weight excluding hydrogens is 484 g/mol. The summed E-state index contributed by atoms with van der Waals surface area (Å²) in [5, 5.41) is 4.95. The first-order valence-electron chi connectivity index (χ1n) is 10.6. The summed E-state index contributed by atoms with van der Waals surface area (Å²) >= 11 is 9.42. The Morgan fingerprint density at radius 1 is 0.844 bits per heavy atom. The monoisotopic (exact) mass is 506 g/mol. The molecule has 0 saturated carbocycles. The van der Waals surface area contributed by atoms with E-state index < -0.39 is 0 Å². The molecule has 1 saturated heterocycles. The average molecular weight is 507 g/mol. The molecule has 0 unspecified atom stereocenters. The molecule has 4 aromatic rings. The van der Waals surface area contributed by atoms with Crippen LogP contribution in [0.5, 0.6) is 0 Å². The summed E-state index contributed by atoms with van der Waals surface area (Å²) in [5.74, 6) is 1.89. The van der Waals surface area contributed by atoms with Gasteiger partial charge in [0.05, 0.1) is 12.4 Å². The van der Waals surface area contributed by atoms with Crippen LogP contribution in [0, 0.1) is 4.77 Å². The minimum Gasteiger partial charge on any atom is -0.354 e. The molecule has 1 aliphatic rings. The number of nitrogens with zero attached hydrogens (tertiary/aromatic N) is 6. The second kappa shape index (κ2) is 9.36. The first-order valence-corrected chi connectivity index (χ1v) is 11.8. The summed E-state index contributed by atoms with van der Waals surface area (Å²) in [6.45, 7) is 4.40. The van der Waals surface area contributed by atoms with E-state index in [0.29, 0.717) is 11.4 Å². The smallest absolute Gasteiger partial charge is 0.204 e. The van der Waals surface area contributed by atoms with Gasteiger partial charge in [-0.3, -0.25) is 9.47 Å². The Balaban J connectivity index is 1.41. The van der Waals surface area contributed by atoms with E-state index in [1.807, 2.05) is 53.3 Å². The van der Waals surface area contributed by atoms with E-state index in [2.05, 4.69) is 65.6 Å². The molecule has 0 spiro atoms. The molecule has 1 fully saturated rings. The lowest BCUT2D eigenvalue weighted by Gasteiger charge is -2.35. The standard InChI is InChI=1S/C24H23BrN6S/c25-20-9-11-21(12-10-20)31-23(19-6-2-1-3-7-19)27-30(24(31)32)18-28-14-16-29(17-15-28)22-8-4-5-13-26-22/h1-13H,14-18H2. The molecule has 0 N–H and O–H groups in total. The van der Waals surface area contributed by atoms with Crippen LogP contribution >= 0.6 is 28.1 Å². The Labute approximate surface area is 200 Å². The first-order chi connectivity index (χ1) is 15.7. The second-order valence-electron chi connectivity index (χ2n) is 7.72. The molecule has 6 nitrogen and oxygen atoms in total. The molecule has 0 atom stereocenters. The van der Waals surface area contributed by atoms with Crippen molar-refractivity contribution in [2.24, 2.45) is 0 Å². The molecule has 2 aromatic carbocycles. The Morgan fingerprint density at radius 2 is 1.56 bits per heavy atom. The summed E-state index contributed by atoms with van der Waals surface area (Å²) in [6, 6.07) is 24.4. The Kier molecular flexibility index (Phi) is 6.16. The Bertz CT molecular complexity index is 1230. The molecule has 3 heterocycles. The van der Waals surface area contributed by atoms with Gasteiger partial charge in [0.1, 0.15) is 5.82 Å². The van der Waals surface area contributed by atoms with Crippen molar-refractivity contribution in [2.75, 3.05) is 31.1 Å². The number of rotatable bonds is 5. The fourth-order valence-electron chi connectivity index (χ4n) is 3.95. The third-order valence-corrected chi connectivity index (χ3v) is 6.56. The average Bonchev–Trinajstić information content (AvgIpc) is 3.17. The van der Waals surface area contributed by atoms with E-state index in [9.17, 15) is 0 Å². The lowest BCUT2D eigenvalue weighted by Crippen LogP contribution is -2.47. The van der Waals surface area contributed by atoms with Crippen LogP contribution in [0.15, 0.2) is 83.5 Å². The summed E-state index contributed by atoms with van der Waals surface area (Å²) in [6.07, 6.45) is 1.85. The van der Waals surface area contributed by atoms with Crippen LogP contribution in [0.1, 0.15) is 0 Å². The van der Waals surface area contributed by atoms with Gasteiger partial charge in [-0.2, -0.15) is 0 Å². The SMILES string of the molecule is S=c1n(CN2CCN(c3ccccn3)CC2)nc(-c2ccccc2)n1-c1ccc(Br)cc1. The van der Waals surface area contributed by atoms with Crippen LogP contribution in [0.4, 0.5) is 5.82 Å². The van der Waals surface area contributed by atoms with Gasteiger partial charge in [-0.15, -0.1) is 5.10 Å². The molecule has 0 amide bonds. The minimum absolute atomic E-state index is 0.665. The molecule has 0 radical (unpaired) electrons. The van der Waals surface area contributed by atoms with Gasteiger partial charge in [-0.1, -0.05) is 52.3 Å². The maximum atomic E-state index is 5.90. The maximum Gasteiger partial charge on any atom is 0.204 e. The number of benzene rings is 2. The highest BCUT2D eigenvalue weighted by molar-refractivity contribution is 9.10. The van der Waals surface area contributed by atoms with Crippen LogP contribution in [0.2, 0.25) is 0 Å². The summed E-state index contributed by atoms with van der Waals surface area (Å²) in [4.78, 5) is 9.20. The normalized spacial score (nSPS) is 14.6. The molecule has 5 rings (SSSR count). The van der Waals surface area contributed by atoms with E-state index in [4.69, 9.17) is 17.3 Å². The number of pyridine rings is 1. The van der Waals surface area contributed by atoms with Gasteiger partial charge in [0.15, 0.2) is 5.82 Å². The maximum absolute atomic E-state index is 5.90. The zero-order valence-electron chi connectivity index (χ0n) is 17.5. The van der Waals surface area contributed by atoms with E-state index in [1.54, 1.807) is 0 Å². The predicted octanol–water partition coefficient (Wildman–Crippen LogP) is 5.01. The van der Waals surface area contributed by atoms with Gasteiger partial charge >= 0.3 is 0 Å². The Hall–Kier alpha value is -2.81. The van der Waals surface area contributed by atoms with Crippen molar-refractivity contribution in [1.29, 1.82) is 0 Å². The summed E-state index contributed by atoms with van der Waals surface area (Å²) < 4.78 is 5.72. The highest BCUT2D eigenvalue weighted by Crippen LogP contribution is 2.24. The molecular formula is C24H23BrN6S. The number of piperazine rings is 1. The molecule has 0 aliphatic carbocycles. The number of aromatic nitrogens is 4. The van der Waals surface area contributed by atoms with Crippen molar-refractivity contribution in [3.63, 3.8) is 0 Å². The molecule has 2 aromatic heterocycles. The van der Waals surface area contributed by atoms with Gasteiger partial charge < -0.3 is 4.90 Å². The lowest BCUT2D eigenvalue weighted by atomic mass is 10.2. The molecule has 0 bridgehead atoms. The topological polar surface area (TPSA) is 42.1 Å². The van der Waals surface area contributed by atoms with E-state index in [-0.39, 0.29) is 0 Å². The molecule has 162 valence electrons. The van der Waals surface area contributed by atoms with Crippen LogP contribution in [0.3, 0.4) is 0 Å². The van der Waals surface area contributed by atoms with Crippen molar-refractivity contribution in [2.45, 2.75) is 6.67 Å². The first kappa shape index (κ1) is 21.1. The molecule has 1 aliphatic heterocycles. The van der Waals surface area contributed by atoms with Crippen LogP contribution in [-0.4, -0.2) is 50.4 Å². The van der Waals surface area contributed by atoms with Crippen LogP contribution in [0.25, 0.3) is 17.1 Å². The summed E-state index contributed by atoms with van der Waals surface area (Å²) in [7, 11) is 0. The highest BCUT2D eigenvalue weighted by Gasteiger charge is 2.20. The summed E-state index contributed by atoms with van der Waals surface area (Å²) in [5.41, 5.74) is 2.04. The van der Waals surface area contributed by atoms with Gasteiger partial charge in [-0.25, -0.2) is 9.67 Å². The zero-order chi connectivity index (χ0) is 21.9. The molecule has 32 heavy (non-hydrogen) atoms. The fraction of sp³-hybridized carbons (Fsp3) is 0.208. The number of anilines is 1. The largest absolute Gasteiger partial charge is 0.354 e. The quantitative estimate of drug-likeness (QED) is 0.356. The van der Waals surface area contributed by atoms with Gasteiger partial charge in [-0.05, 0) is 48.6 Å². The predicted molar refractivity (Wildman–Crippen MR) is 134 cm³/mol. The number of hydrogen-bond donors (Lipinski definition) is 0. The zero-order valence-corrected chi connectivity index (χ0v) is 19.9. The van der Waals surface area contributed by atoms with Crippen LogP contribution in [-0.2, 0) is 6.67 Å². The van der Waals surface area contributed by atoms with E-state index in [0.717, 1.165) is 53.5 Å². The fourth-order valence-corrected chi connectivity index (χ4v) is 4.50. The lowest BCUT2D eigenvalue weighted by molar-refractivity contribution is 0.194. The van der Waals surface area contributed by atoms with Crippen molar-refractivity contribution in [3.05, 3.63) is 88.2 Å². The van der Waals surface area contributed by atoms with Crippen molar-refractivity contribution in [3.8, 4) is 17.1 Å². The van der Waals surface area contributed by atoms with Crippen molar-refractivity contribution in [1.82, 2.24) is 24.2 Å². The van der Waals surface area contributed by atoms with Crippen molar-refractivity contribution >= 4 is 34.0 Å². The van der Waals surface area contributed by atoms with Crippen molar-refractivity contribution < 1.29 is 0 Å². The highest BCUT2D eigenvalue weighted by atomic mass is 79.9. The van der Waals surface area contributed by atoms with Gasteiger partial charge in [0.25, 0.3) is 0 Å². The third-order valence-electron chi connectivity index (χ3n) is 5.64. The molecule has 8 heteroatoms. The van der Waals surface area contributed by atoms with E-state index in [1.165, 1.54) is 0 Å². The van der Waals surface area contributed by atoms with Gasteiger partial charge in [0, 0.05) is 42.4 Å². The van der Waals surface area contributed by atoms with Gasteiger partial charge in [0.2, 0.25) is 4.77 Å².